The van der Waals surface area contributed by atoms with Gasteiger partial charge in [0.1, 0.15) is 24.6 Å². The summed E-state index contributed by atoms with van der Waals surface area (Å²) in [5, 5.41) is 4.29. The zero-order valence-electron chi connectivity index (χ0n) is 21.6. The van der Waals surface area contributed by atoms with Crippen LogP contribution < -0.4 is 5.73 Å². The topological polar surface area (TPSA) is 91.7 Å². The standard InChI is InChI=1S/C25H40N4O3.C2H6/c1-2-3-4-5-6-7-8-9-10-11-12-13-24(30)31-18-20-14-17-23(32-20)21-15-16-22-25(26)27-19-28-29(21)22;1-2/h15-16,19-20,23H,2-14,17-18H2,1H3,(H2,26,27,28);1-2H3. The number of carbonyl (C=O) groups is 1. The predicted octanol–water partition coefficient (Wildman–Crippen LogP) is 6.80. The molecule has 2 unspecified atom stereocenters. The van der Waals surface area contributed by atoms with Gasteiger partial charge in [-0.15, -0.1) is 0 Å². The van der Waals surface area contributed by atoms with E-state index in [0.717, 1.165) is 36.9 Å². The van der Waals surface area contributed by atoms with Gasteiger partial charge in [-0.3, -0.25) is 4.79 Å². The molecule has 2 aromatic heterocycles. The van der Waals surface area contributed by atoms with Crippen LogP contribution >= 0.6 is 0 Å². The number of nitrogens with zero attached hydrogens (tertiary/aromatic N) is 3. The van der Waals surface area contributed by atoms with E-state index in [0.29, 0.717) is 18.8 Å². The van der Waals surface area contributed by atoms with Gasteiger partial charge in [0.05, 0.1) is 11.8 Å². The molecule has 0 bridgehead atoms. The van der Waals surface area contributed by atoms with E-state index in [1.807, 2.05) is 26.0 Å². The van der Waals surface area contributed by atoms with Gasteiger partial charge in [0.2, 0.25) is 0 Å². The first kappa shape index (κ1) is 28.1. The lowest BCUT2D eigenvalue weighted by Crippen LogP contribution is -2.18. The number of nitrogen functional groups attached to an aromatic ring is 1. The average Bonchev–Trinajstić information content (AvgIpc) is 3.50. The van der Waals surface area contributed by atoms with Gasteiger partial charge in [-0.2, -0.15) is 5.10 Å². The van der Waals surface area contributed by atoms with Gasteiger partial charge in [-0.05, 0) is 31.4 Å². The summed E-state index contributed by atoms with van der Waals surface area (Å²) >= 11 is 0. The van der Waals surface area contributed by atoms with Crippen molar-refractivity contribution in [3.05, 3.63) is 24.2 Å². The molecule has 2 aromatic rings. The van der Waals surface area contributed by atoms with Crippen molar-refractivity contribution in [2.24, 2.45) is 0 Å². The van der Waals surface area contributed by atoms with Gasteiger partial charge in [-0.1, -0.05) is 85.0 Å². The summed E-state index contributed by atoms with van der Waals surface area (Å²) in [6, 6.07) is 3.89. The molecular weight excluding hydrogens is 428 g/mol. The molecule has 2 N–H and O–H groups in total. The largest absolute Gasteiger partial charge is 0.463 e. The highest BCUT2D eigenvalue weighted by molar-refractivity contribution is 5.69. The van der Waals surface area contributed by atoms with E-state index >= 15 is 0 Å². The van der Waals surface area contributed by atoms with Crippen LogP contribution in [0.15, 0.2) is 18.5 Å². The maximum absolute atomic E-state index is 12.1. The maximum Gasteiger partial charge on any atom is 0.305 e. The second kappa shape index (κ2) is 16.5. The van der Waals surface area contributed by atoms with Crippen LogP contribution in [-0.2, 0) is 14.3 Å². The van der Waals surface area contributed by atoms with E-state index < -0.39 is 0 Å². The fourth-order valence-electron chi connectivity index (χ4n) is 4.45. The molecule has 1 aliphatic heterocycles. The minimum atomic E-state index is -0.110. The smallest absolute Gasteiger partial charge is 0.305 e. The van der Waals surface area contributed by atoms with Gasteiger partial charge in [0.15, 0.2) is 5.82 Å². The molecule has 2 atom stereocenters. The quantitative estimate of drug-likeness (QED) is 0.225. The Hall–Kier alpha value is -2.15. The SMILES string of the molecule is CC.CCCCCCCCCCCCCC(=O)OCC1CCC(c2ccc3c(N)ncnn23)O1. The zero-order valence-corrected chi connectivity index (χ0v) is 21.6. The number of fused-ring (bicyclic) bond motifs is 1. The van der Waals surface area contributed by atoms with Gasteiger partial charge < -0.3 is 15.2 Å². The van der Waals surface area contributed by atoms with Crippen LogP contribution in [0.1, 0.15) is 122 Å². The maximum atomic E-state index is 12.1. The van der Waals surface area contributed by atoms with Crippen LogP contribution in [0.2, 0.25) is 0 Å². The Morgan fingerprint density at radius 2 is 1.68 bits per heavy atom. The third-order valence-corrected chi connectivity index (χ3v) is 6.36. The number of aromatic nitrogens is 3. The Bertz CT molecular complexity index is 823. The molecule has 1 fully saturated rings. The fraction of sp³-hybridized carbons (Fsp3) is 0.741. The summed E-state index contributed by atoms with van der Waals surface area (Å²) < 4.78 is 13.4. The third kappa shape index (κ3) is 9.24. The van der Waals surface area contributed by atoms with Gasteiger partial charge in [0, 0.05) is 6.42 Å². The number of nitrogens with two attached hydrogens (primary N) is 1. The molecule has 1 aliphatic rings. The Morgan fingerprint density at radius 1 is 1.03 bits per heavy atom. The Balaban J connectivity index is 0.00000199. The van der Waals surface area contributed by atoms with Crippen LogP contribution in [0, 0.1) is 0 Å². The average molecular weight is 475 g/mol. The van der Waals surface area contributed by atoms with E-state index in [-0.39, 0.29) is 18.2 Å². The van der Waals surface area contributed by atoms with Gasteiger partial charge in [-0.25, -0.2) is 9.50 Å². The number of unbranched alkanes of at least 4 members (excludes halogenated alkanes) is 10. The molecule has 0 amide bonds. The van der Waals surface area contributed by atoms with Crippen LogP contribution in [0.3, 0.4) is 0 Å². The molecule has 0 saturated carbocycles. The van der Waals surface area contributed by atoms with Crippen LogP contribution in [0.4, 0.5) is 5.82 Å². The number of anilines is 1. The predicted molar refractivity (Wildman–Crippen MR) is 138 cm³/mol. The normalized spacial score (nSPS) is 17.5. The minimum Gasteiger partial charge on any atom is -0.463 e. The highest BCUT2D eigenvalue weighted by atomic mass is 16.6. The summed E-state index contributed by atoms with van der Waals surface area (Å²) in [4.78, 5) is 16.1. The molecule has 7 heteroatoms. The first-order valence-electron chi connectivity index (χ1n) is 13.6. The van der Waals surface area contributed by atoms with E-state index in [4.69, 9.17) is 15.2 Å². The first-order valence-corrected chi connectivity index (χ1v) is 13.6. The Morgan fingerprint density at radius 3 is 2.35 bits per heavy atom. The lowest BCUT2D eigenvalue weighted by molar-refractivity contribution is -0.147. The van der Waals surface area contributed by atoms with E-state index in [9.17, 15) is 4.79 Å². The number of hydrogen-bond donors (Lipinski definition) is 1. The second-order valence-electron chi connectivity index (χ2n) is 8.99. The van der Waals surface area contributed by atoms with Crippen molar-refractivity contribution in [1.29, 1.82) is 0 Å². The molecule has 1 saturated heterocycles. The van der Waals surface area contributed by atoms with Crippen molar-refractivity contribution >= 4 is 17.3 Å². The van der Waals surface area contributed by atoms with E-state index in [1.165, 1.54) is 64.1 Å². The van der Waals surface area contributed by atoms with E-state index in [1.54, 1.807) is 4.52 Å². The number of esters is 1. The molecule has 0 aliphatic carbocycles. The lowest BCUT2D eigenvalue weighted by Gasteiger charge is -2.14. The Kier molecular flexibility index (Phi) is 13.6. The summed E-state index contributed by atoms with van der Waals surface area (Å²) in [5.41, 5.74) is 7.65. The van der Waals surface area contributed by atoms with Gasteiger partial charge >= 0.3 is 5.97 Å². The fourth-order valence-corrected chi connectivity index (χ4v) is 4.45. The van der Waals surface area contributed by atoms with Crippen molar-refractivity contribution in [3.63, 3.8) is 0 Å². The molecule has 0 radical (unpaired) electrons. The van der Waals surface area contributed by atoms with Crippen molar-refractivity contribution in [2.75, 3.05) is 12.3 Å². The molecule has 34 heavy (non-hydrogen) atoms. The van der Waals surface area contributed by atoms with E-state index in [2.05, 4.69) is 17.0 Å². The van der Waals surface area contributed by atoms with Crippen LogP contribution in [-0.4, -0.2) is 33.3 Å². The van der Waals surface area contributed by atoms with Crippen molar-refractivity contribution in [3.8, 4) is 0 Å². The number of rotatable bonds is 15. The Labute approximate surface area is 205 Å². The molecule has 0 spiro atoms. The van der Waals surface area contributed by atoms with Crippen molar-refractivity contribution in [1.82, 2.24) is 14.6 Å². The lowest BCUT2D eigenvalue weighted by atomic mass is 10.1. The second-order valence-corrected chi connectivity index (χ2v) is 8.99. The molecule has 3 rings (SSSR count). The third-order valence-electron chi connectivity index (χ3n) is 6.36. The number of hydrogen-bond acceptors (Lipinski definition) is 6. The van der Waals surface area contributed by atoms with Gasteiger partial charge in [0.25, 0.3) is 0 Å². The molecule has 7 nitrogen and oxygen atoms in total. The first-order chi connectivity index (χ1) is 16.7. The summed E-state index contributed by atoms with van der Waals surface area (Å²) in [6.07, 6.45) is 17.6. The summed E-state index contributed by atoms with van der Waals surface area (Å²) in [6.45, 7) is 6.58. The number of ether oxygens (including phenoxy) is 2. The number of carbonyl (C=O) groups excluding carboxylic acids is 1. The highest BCUT2D eigenvalue weighted by Gasteiger charge is 2.29. The minimum absolute atomic E-state index is 0.0639. The molecule has 0 aromatic carbocycles. The van der Waals surface area contributed by atoms with Crippen LogP contribution in [0.25, 0.3) is 5.52 Å². The van der Waals surface area contributed by atoms with Crippen molar-refractivity contribution in [2.45, 2.75) is 123 Å². The monoisotopic (exact) mass is 474 g/mol. The molecule has 192 valence electrons. The highest BCUT2D eigenvalue weighted by Crippen LogP contribution is 2.34. The zero-order chi connectivity index (χ0) is 24.6. The summed E-state index contributed by atoms with van der Waals surface area (Å²) in [7, 11) is 0. The van der Waals surface area contributed by atoms with Crippen molar-refractivity contribution < 1.29 is 14.3 Å². The van der Waals surface area contributed by atoms with Crippen LogP contribution in [0.5, 0.6) is 0 Å². The molecule has 3 heterocycles. The molecular formula is C27H46N4O3. The summed E-state index contributed by atoms with van der Waals surface area (Å²) in [5.74, 6) is 0.346.